The number of nitrogens with zero attached hydrogens (tertiary/aromatic N) is 4. The van der Waals surface area contributed by atoms with Gasteiger partial charge in [0, 0.05) is 17.7 Å². The number of hydrogen-bond acceptors (Lipinski definition) is 5. The number of carbonyl (C=O) groups excluding carboxylic acids is 1. The number of nitrogens with one attached hydrogen (secondary N) is 1. The average Bonchev–Trinajstić information content (AvgIpc) is 3.18. The Kier molecular flexibility index (Phi) is 5.77. The molecular formula is C24H25N5O3. The van der Waals surface area contributed by atoms with E-state index >= 15 is 0 Å². The first-order valence-electron chi connectivity index (χ1n) is 10.4. The number of amides is 1. The first-order chi connectivity index (χ1) is 15.3. The monoisotopic (exact) mass is 431 g/mol. The van der Waals surface area contributed by atoms with Gasteiger partial charge in [-0.25, -0.2) is 4.98 Å². The number of rotatable bonds is 6. The third-order valence-corrected chi connectivity index (χ3v) is 5.13. The van der Waals surface area contributed by atoms with E-state index < -0.39 is 0 Å². The number of carbonyl (C=O) groups is 1. The van der Waals surface area contributed by atoms with Crippen LogP contribution in [-0.4, -0.2) is 25.1 Å². The predicted molar refractivity (Wildman–Crippen MR) is 122 cm³/mol. The van der Waals surface area contributed by atoms with Crippen molar-refractivity contribution in [1.29, 1.82) is 0 Å². The Labute approximate surface area is 185 Å². The van der Waals surface area contributed by atoms with E-state index in [1.165, 1.54) is 10.6 Å². The van der Waals surface area contributed by atoms with Gasteiger partial charge in [-0.1, -0.05) is 24.3 Å². The van der Waals surface area contributed by atoms with Crippen molar-refractivity contribution in [2.24, 2.45) is 0 Å². The highest BCUT2D eigenvalue weighted by molar-refractivity contribution is 6.06. The highest BCUT2D eigenvalue weighted by Crippen LogP contribution is 2.27. The zero-order chi connectivity index (χ0) is 22.8. The Hall–Kier alpha value is -3.94. The van der Waals surface area contributed by atoms with Gasteiger partial charge >= 0.3 is 0 Å². The summed E-state index contributed by atoms with van der Waals surface area (Å²) in [5, 5.41) is 2.94. The zero-order valence-electron chi connectivity index (χ0n) is 18.5. The summed E-state index contributed by atoms with van der Waals surface area (Å²) < 4.78 is 9.11. The maximum Gasteiger partial charge on any atom is 0.274 e. The molecule has 0 aliphatic heterocycles. The minimum absolute atomic E-state index is 0.0660. The van der Waals surface area contributed by atoms with Crippen LogP contribution >= 0.6 is 0 Å². The molecule has 4 aromatic rings. The lowest BCUT2D eigenvalue weighted by molar-refractivity contribution is 0.102. The van der Waals surface area contributed by atoms with Crippen LogP contribution in [0.5, 0.6) is 5.75 Å². The molecule has 2 aromatic carbocycles. The molecule has 2 aromatic heterocycles. The minimum atomic E-state index is -0.225. The van der Waals surface area contributed by atoms with Gasteiger partial charge in [0.05, 0.1) is 11.4 Å². The summed E-state index contributed by atoms with van der Waals surface area (Å²) >= 11 is 0. The number of aryl methyl sites for hydroxylation is 2. The summed E-state index contributed by atoms with van der Waals surface area (Å²) in [5.74, 6) is 0.601. The summed E-state index contributed by atoms with van der Waals surface area (Å²) in [6.07, 6.45) is 1.60. The van der Waals surface area contributed by atoms with E-state index in [1.54, 1.807) is 23.1 Å². The van der Waals surface area contributed by atoms with Crippen LogP contribution in [0.1, 0.15) is 47.1 Å². The quantitative estimate of drug-likeness (QED) is 0.500. The van der Waals surface area contributed by atoms with E-state index in [2.05, 4.69) is 15.3 Å². The van der Waals surface area contributed by atoms with E-state index in [0.717, 1.165) is 11.1 Å². The van der Waals surface area contributed by atoms with Crippen LogP contribution < -0.4 is 15.6 Å². The Morgan fingerprint density at radius 1 is 1.12 bits per heavy atom. The van der Waals surface area contributed by atoms with E-state index in [-0.39, 0.29) is 24.1 Å². The summed E-state index contributed by atoms with van der Waals surface area (Å²) in [5.41, 5.74) is 3.26. The second-order valence-electron chi connectivity index (χ2n) is 7.97. The average molecular weight is 431 g/mol. The number of anilines is 1. The van der Waals surface area contributed by atoms with Crippen LogP contribution in [0.3, 0.4) is 0 Å². The van der Waals surface area contributed by atoms with E-state index in [9.17, 15) is 9.59 Å². The summed E-state index contributed by atoms with van der Waals surface area (Å²) in [6, 6.07) is 14.5. The lowest BCUT2D eigenvalue weighted by Crippen LogP contribution is -2.23. The van der Waals surface area contributed by atoms with Crippen LogP contribution in [-0.2, 0) is 6.61 Å². The molecule has 0 saturated carbocycles. The van der Waals surface area contributed by atoms with Crippen molar-refractivity contribution in [2.75, 3.05) is 5.32 Å². The smallest absolute Gasteiger partial charge is 0.274 e. The minimum Gasteiger partial charge on any atom is -0.485 e. The molecule has 0 radical (unpaired) electrons. The molecule has 8 nitrogen and oxygen atoms in total. The van der Waals surface area contributed by atoms with Gasteiger partial charge in [-0.2, -0.15) is 9.50 Å². The first kappa shape index (κ1) is 21.3. The Morgan fingerprint density at radius 2 is 1.91 bits per heavy atom. The molecule has 32 heavy (non-hydrogen) atoms. The number of benzene rings is 2. The van der Waals surface area contributed by atoms with Gasteiger partial charge in [-0.15, -0.1) is 0 Å². The van der Waals surface area contributed by atoms with Gasteiger partial charge < -0.3 is 10.1 Å². The standard InChI is InChI=1S/C24H25N5O3/c1-15(2)28-14-25-24-26-18(12-22(30)29(24)28)13-32-21-10-9-16(3)11-20(21)27-23(31)19-8-6-5-7-17(19)4/h5-12,14-15H,13H2,1-4H3,(H,27,31). The van der Waals surface area contributed by atoms with Gasteiger partial charge in [-0.3, -0.25) is 14.3 Å². The lowest BCUT2D eigenvalue weighted by atomic mass is 10.1. The fraction of sp³-hybridized carbons (Fsp3) is 0.250. The highest BCUT2D eigenvalue weighted by Gasteiger charge is 2.14. The number of fused-ring (bicyclic) bond motifs is 1. The van der Waals surface area contributed by atoms with Gasteiger partial charge in [0.15, 0.2) is 0 Å². The van der Waals surface area contributed by atoms with E-state index in [4.69, 9.17) is 4.74 Å². The molecule has 1 N–H and O–H groups in total. The Morgan fingerprint density at radius 3 is 2.66 bits per heavy atom. The van der Waals surface area contributed by atoms with Crippen LogP contribution in [0.25, 0.3) is 5.78 Å². The molecule has 8 heteroatoms. The molecule has 0 bridgehead atoms. The third-order valence-electron chi connectivity index (χ3n) is 5.13. The van der Waals surface area contributed by atoms with Crippen molar-refractivity contribution >= 4 is 17.4 Å². The largest absolute Gasteiger partial charge is 0.485 e. The number of aromatic nitrogens is 4. The summed E-state index contributed by atoms with van der Waals surface area (Å²) in [4.78, 5) is 34.0. The second kappa shape index (κ2) is 8.66. The maximum atomic E-state index is 12.8. The molecule has 0 spiro atoms. The molecule has 0 atom stereocenters. The van der Waals surface area contributed by atoms with Gasteiger partial charge in [-0.05, 0) is 57.0 Å². The molecule has 0 unspecified atom stereocenters. The lowest BCUT2D eigenvalue weighted by Gasteiger charge is -2.14. The van der Waals surface area contributed by atoms with Crippen LogP contribution in [0.4, 0.5) is 5.69 Å². The molecule has 0 fully saturated rings. The van der Waals surface area contributed by atoms with Gasteiger partial charge in [0.2, 0.25) is 0 Å². The van der Waals surface area contributed by atoms with Crippen molar-refractivity contribution in [1.82, 2.24) is 19.2 Å². The highest BCUT2D eigenvalue weighted by atomic mass is 16.5. The number of ether oxygens (including phenoxy) is 1. The van der Waals surface area contributed by atoms with Crippen molar-refractivity contribution in [3.63, 3.8) is 0 Å². The molecule has 4 rings (SSSR count). The Bertz CT molecular complexity index is 1350. The van der Waals surface area contributed by atoms with Crippen LogP contribution in [0, 0.1) is 13.8 Å². The third kappa shape index (κ3) is 4.25. The van der Waals surface area contributed by atoms with Gasteiger partial charge in [0.1, 0.15) is 18.7 Å². The van der Waals surface area contributed by atoms with Crippen LogP contribution in [0.2, 0.25) is 0 Å². The molecule has 0 aliphatic carbocycles. The molecule has 1 amide bonds. The Balaban J connectivity index is 1.57. The fourth-order valence-corrected chi connectivity index (χ4v) is 3.45. The second-order valence-corrected chi connectivity index (χ2v) is 7.97. The number of hydrogen-bond donors (Lipinski definition) is 1. The molecule has 0 aliphatic rings. The fourth-order valence-electron chi connectivity index (χ4n) is 3.45. The summed E-state index contributed by atoms with van der Waals surface area (Å²) in [6.45, 7) is 7.83. The predicted octanol–water partition coefficient (Wildman–Crippen LogP) is 3.92. The first-order valence-corrected chi connectivity index (χ1v) is 10.4. The van der Waals surface area contributed by atoms with Crippen molar-refractivity contribution in [2.45, 2.75) is 40.3 Å². The molecule has 0 saturated heterocycles. The zero-order valence-corrected chi connectivity index (χ0v) is 18.5. The normalized spacial score (nSPS) is 11.2. The summed E-state index contributed by atoms with van der Waals surface area (Å²) in [7, 11) is 0. The van der Waals surface area contributed by atoms with E-state index in [1.807, 2.05) is 58.0 Å². The van der Waals surface area contributed by atoms with Crippen molar-refractivity contribution in [3.8, 4) is 5.75 Å². The van der Waals surface area contributed by atoms with Gasteiger partial charge in [0.25, 0.3) is 17.2 Å². The molecular weight excluding hydrogens is 406 g/mol. The molecule has 164 valence electrons. The maximum absolute atomic E-state index is 12.8. The molecule has 2 heterocycles. The van der Waals surface area contributed by atoms with E-state index in [0.29, 0.717) is 28.5 Å². The van der Waals surface area contributed by atoms with Crippen molar-refractivity contribution < 1.29 is 9.53 Å². The topological polar surface area (TPSA) is 90.5 Å². The van der Waals surface area contributed by atoms with Crippen molar-refractivity contribution in [3.05, 3.63) is 87.6 Å². The SMILES string of the molecule is Cc1ccc(OCc2cc(=O)n3c(ncn3C(C)C)n2)c(NC(=O)c2ccccc2C)c1. The van der Waals surface area contributed by atoms with Crippen LogP contribution in [0.15, 0.2) is 59.7 Å².